The van der Waals surface area contributed by atoms with Gasteiger partial charge in [0.2, 0.25) is 0 Å². The Morgan fingerprint density at radius 3 is 2.32 bits per heavy atom. The zero-order chi connectivity index (χ0) is 18.7. The third kappa shape index (κ3) is 6.58. The van der Waals surface area contributed by atoms with Gasteiger partial charge in [-0.2, -0.15) is 0 Å². The van der Waals surface area contributed by atoms with Crippen molar-refractivity contribution in [2.75, 3.05) is 7.05 Å². The van der Waals surface area contributed by atoms with Gasteiger partial charge < -0.3 is 5.32 Å². The Balaban J connectivity index is 3.33. The molecule has 0 heterocycles. The second-order valence-electron chi connectivity index (χ2n) is 5.99. The van der Waals surface area contributed by atoms with Crippen LogP contribution < -0.4 is 5.32 Å². The van der Waals surface area contributed by atoms with Crippen LogP contribution in [0.4, 0.5) is 0 Å². The molecule has 0 bridgehead atoms. The maximum atomic E-state index is 4.48. The van der Waals surface area contributed by atoms with E-state index in [2.05, 4.69) is 93.5 Å². The van der Waals surface area contributed by atoms with E-state index in [1.807, 2.05) is 13.2 Å². The monoisotopic (exact) mass is 336 g/mol. The molecular weight excluding hydrogens is 304 g/mol. The van der Waals surface area contributed by atoms with Gasteiger partial charge in [-0.15, -0.1) is 0 Å². The fourth-order valence-electron chi connectivity index (χ4n) is 2.54. The van der Waals surface area contributed by atoms with Gasteiger partial charge >= 0.3 is 0 Å². The van der Waals surface area contributed by atoms with E-state index in [9.17, 15) is 0 Å². The van der Waals surface area contributed by atoms with E-state index in [1.165, 1.54) is 22.3 Å². The first-order valence-electron chi connectivity index (χ1n) is 9.08. The molecule has 0 aliphatic heterocycles. The molecule has 134 valence electrons. The topological polar surface area (TPSA) is 24.4 Å². The molecule has 0 amide bonds. The van der Waals surface area contributed by atoms with Crippen LogP contribution in [0.15, 0.2) is 70.9 Å². The summed E-state index contributed by atoms with van der Waals surface area (Å²) < 4.78 is 0. The third-order valence-electron chi connectivity index (χ3n) is 3.98. The Morgan fingerprint density at radius 1 is 1.12 bits per heavy atom. The number of amidine groups is 1. The van der Waals surface area contributed by atoms with Gasteiger partial charge in [-0.05, 0) is 62.6 Å². The number of benzene rings is 1. The first-order valence-corrected chi connectivity index (χ1v) is 9.08. The molecule has 0 aliphatic rings. The molecule has 0 spiro atoms. The van der Waals surface area contributed by atoms with Crippen LogP contribution in [-0.4, -0.2) is 12.9 Å². The van der Waals surface area contributed by atoms with E-state index in [4.69, 9.17) is 0 Å². The Kier molecular flexibility index (Phi) is 9.31. The van der Waals surface area contributed by atoms with Crippen LogP contribution in [0.1, 0.15) is 51.7 Å². The Hall–Kier alpha value is -2.35. The minimum Gasteiger partial charge on any atom is -0.347 e. The summed E-state index contributed by atoms with van der Waals surface area (Å²) in [6.45, 7) is 10.6. The van der Waals surface area contributed by atoms with Crippen LogP contribution in [0.25, 0.3) is 5.57 Å². The smallest absolute Gasteiger partial charge is 0.132 e. The van der Waals surface area contributed by atoms with E-state index in [-0.39, 0.29) is 0 Å². The van der Waals surface area contributed by atoms with Gasteiger partial charge in [0.1, 0.15) is 5.84 Å². The van der Waals surface area contributed by atoms with Crippen LogP contribution in [0.3, 0.4) is 0 Å². The minimum atomic E-state index is 0.887. The van der Waals surface area contributed by atoms with Gasteiger partial charge in [0.25, 0.3) is 0 Å². The molecular formula is C23H32N2. The van der Waals surface area contributed by atoms with Crippen molar-refractivity contribution in [2.24, 2.45) is 4.99 Å². The van der Waals surface area contributed by atoms with Crippen molar-refractivity contribution < 1.29 is 0 Å². The largest absolute Gasteiger partial charge is 0.347 e. The molecule has 25 heavy (non-hydrogen) atoms. The normalized spacial score (nSPS) is 14.3. The highest BCUT2D eigenvalue weighted by Crippen LogP contribution is 2.22. The zero-order valence-corrected chi connectivity index (χ0v) is 16.6. The first-order chi connectivity index (χ1) is 12.1. The van der Waals surface area contributed by atoms with Gasteiger partial charge in [0, 0.05) is 12.6 Å². The summed E-state index contributed by atoms with van der Waals surface area (Å²) in [7, 11) is 1.83. The number of nitrogens with zero attached hydrogens (tertiary/aromatic N) is 1. The summed E-state index contributed by atoms with van der Waals surface area (Å²) >= 11 is 0. The lowest BCUT2D eigenvalue weighted by Gasteiger charge is -2.13. The van der Waals surface area contributed by atoms with Crippen molar-refractivity contribution in [3.8, 4) is 0 Å². The highest BCUT2D eigenvalue weighted by Gasteiger charge is 2.09. The quantitative estimate of drug-likeness (QED) is 0.356. The molecule has 0 atom stereocenters. The maximum absolute atomic E-state index is 4.48. The van der Waals surface area contributed by atoms with Gasteiger partial charge in [-0.3, -0.25) is 4.99 Å². The number of nitrogens with one attached hydrogen (secondary N) is 1. The van der Waals surface area contributed by atoms with Crippen molar-refractivity contribution in [1.82, 2.24) is 5.32 Å². The summed E-state index contributed by atoms with van der Waals surface area (Å²) in [5.41, 5.74) is 6.04. The van der Waals surface area contributed by atoms with Crippen LogP contribution in [0.5, 0.6) is 0 Å². The first kappa shape index (κ1) is 20.7. The van der Waals surface area contributed by atoms with Crippen molar-refractivity contribution in [3.63, 3.8) is 0 Å². The number of allylic oxidation sites excluding steroid dienone is 5. The zero-order valence-electron chi connectivity index (χ0n) is 16.6. The second-order valence-corrected chi connectivity index (χ2v) is 5.99. The van der Waals surface area contributed by atoms with Gasteiger partial charge in [0.15, 0.2) is 0 Å². The number of aryl methyl sites for hydroxylation is 1. The standard InChI is InChI=1S/C23H32N2/c1-7-10-16-25-23(24-6)22(19(5)11-8-2)17-20(9-3)21-14-12-18(4)13-15-21/h9-17H,7-8H2,1-6H3,(H,24,25)/b16-10+,19-11+,20-9+,22-17+. The van der Waals surface area contributed by atoms with Crippen molar-refractivity contribution in [2.45, 2.75) is 47.5 Å². The summed E-state index contributed by atoms with van der Waals surface area (Å²) in [5.74, 6) is 0.887. The average Bonchev–Trinajstić information content (AvgIpc) is 2.62. The molecule has 0 radical (unpaired) electrons. The van der Waals surface area contributed by atoms with Crippen LogP contribution in [-0.2, 0) is 0 Å². The Labute approximate surface area is 153 Å². The molecule has 0 aliphatic carbocycles. The van der Waals surface area contributed by atoms with Crippen LogP contribution in [0, 0.1) is 6.92 Å². The molecule has 2 nitrogen and oxygen atoms in total. The van der Waals surface area contributed by atoms with Crippen LogP contribution >= 0.6 is 0 Å². The van der Waals surface area contributed by atoms with Gasteiger partial charge in [-0.1, -0.05) is 61.9 Å². The van der Waals surface area contributed by atoms with Crippen molar-refractivity contribution in [3.05, 3.63) is 77.0 Å². The Bertz CT molecular complexity index is 683. The van der Waals surface area contributed by atoms with E-state index < -0.39 is 0 Å². The molecule has 1 aromatic carbocycles. The van der Waals surface area contributed by atoms with Crippen LogP contribution in [0.2, 0.25) is 0 Å². The number of rotatable bonds is 7. The van der Waals surface area contributed by atoms with Crippen molar-refractivity contribution in [1.29, 1.82) is 0 Å². The Morgan fingerprint density at radius 2 is 1.80 bits per heavy atom. The maximum Gasteiger partial charge on any atom is 0.132 e. The van der Waals surface area contributed by atoms with E-state index >= 15 is 0 Å². The summed E-state index contributed by atoms with van der Waals surface area (Å²) in [6.07, 6.45) is 12.7. The predicted molar refractivity (Wildman–Crippen MR) is 113 cm³/mol. The van der Waals surface area contributed by atoms with Gasteiger partial charge in [0.05, 0.1) is 0 Å². The van der Waals surface area contributed by atoms with E-state index in [0.29, 0.717) is 0 Å². The third-order valence-corrected chi connectivity index (χ3v) is 3.98. The molecule has 0 saturated carbocycles. The molecule has 1 aromatic rings. The molecule has 1 rings (SSSR count). The number of hydrogen-bond acceptors (Lipinski definition) is 1. The lowest BCUT2D eigenvalue weighted by Crippen LogP contribution is -2.20. The van der Waals surface area contributed by atoms with Crippen molar-refractivity contribution >= 4 is 11.4 Å². The molecule has 1 N–H and O–H groups in total. The number of aliphatic imine (C=N–C) groups is 1. The lowest BCUT2D eigenvalue weighted by molar-refractivity contribution is 1.14. The SMILES string of the molecule is C\C=C(/C=C(C(=NC)N/C=C/CC)\C(C)=C\CC)c1ccc(C)cc1. The fraction of sp³-hybridized carbons (Fsp3) is 0.348. The molecule has 0 aromatic heterocycles. The fourth-order valence-corrected chi connectivity index (χ4v) is 2.54. The highest BCUT2D eigenvalue weighted by molar-refractivity contribution is 6.04. The summed E-state index contributed by atoms with van der Waals surface area (Å²) in [4.78, 5) is 4.48. The minimum absolute atomic E-state index is 0.887. The highest BCUT2D eigenvalue weighted by atomic mass is 15.0. The predicted octanol–water partition coefficient (Wildman–Crippen LogP) is 6.22. The lowest BCUT2D eigenvalue weighted by atomic mass is 9.97. The van der Waals surface area contributed by atoms with E-state index in [0.717, 1.165) is 24.3 Å². The molecule has 0 fully saturated rings. The van der Waals surface area contributed by atoms with E-state index in [1.54, 1.807) is 0 Å². The number of hydrogen-bond donors (Lipinski definition) is 1. The molecule has 0 unspecified atom stereocenters. The second kappa shape index (κ2) is 11.2. The summed E-state index contributed by atoms with van der Waals surface area (Å²) in [6, 6.07) is 8.64. The molecule has 2 heteroatoms. The van der Waals surface area contributed by atoms with Gasteiger partial charge in [-0.25, -0.2) is 0 Å². The molecule has 0 saturated heterocycles. The summed E-state index contributed by atoms with van der Waals surface area (Å²) in [5, 5.41) is 3.33. The average molecular weight is 337 g/mol.